The molecule has 90 valence electrons. The summed E-state index contributed by atoms with van der Waals surface area (Å²) in [4.78, 5) is 21.8. The first-order valence-electron chi connectivity index (χ1n) is 4.79. The van der Waals surface area contributed by atoms with E-state index < -0.39 is 5.97 Å². The molecule has 0 atom stereocenters. The molecule has 0 aliphatic carbocycles. The fourth-order valence-corrected chi connectivity index (χ4v) is 1.42. The number of carbonyl (C=O) groups is 2. The summed E-state index contributed by atoms with van der Waals surface area (Å²) in [6.07, 6.45) is 2.14. The number of benzene rings is 1. The molecule has 17 heavy (non-hydrogen) atoms. The average molecular weight is 236 g/mol. The first-order chi connectivity index (χ1) is 7.97. The topological polar surface area (TPSA) is 83.8 Å². The first kappa shape index (κ1) is 12.8. The molecule has 5 heteroatoms. The molecule has 0 spiro atoms. The van der Waals surface area contributed by atoms with Crippen LogP contribution in [0.1, 0.15) is 22.8 Å². The van der Waals surface area contributed by atoms with Crippen molar-refractivity contribution in [2.75, 3.05) is 7.11 Å². The second-order valence-electron chi connectivity index (χ2n) is 3.31. The van der Waals surface area contributed by atoms with Crippen LogP contribution in [0.3, 0.4) is 0 Å². The lowest BCUT2D eigenvalue weighted by molar-refractivity contribution is -0.131. The van der Waals surface area contributed by atoms with Crippen LogP contribution in [0.5, 0.6) is 11.5 Å². The number of ketones is 1. The molecule has 0 amide bonds. The van der Waals surface area contributed by atoms with Gasteiger partial charge in [0, 0.05) is 6.08 Å². The standard InChI is InChI=1S/C12H12O5/c1-7(13)11-8(4-6-10(14)15)3-5-9(17-2)12(11)16/h3-6,16H,1-2H3,(H,14,15). The highest BCUT2D eigenvalue weighted by Crippen LogP contribution is 2.33. The Morgan fingerprint density at radius 2 is 2.00 bits per heavy atom. The molecular formula is C12H12O5. The van der Waals surface area contributed by atoms with Crippen molar-refractivity contribution in [2.24, 2.45) is 0 Å². The number of phenolic OH excluding ortho intramolecular Hbond substituents is 1. The van der Waals surface area contributed by atoms with Crippen LogP contribution in [0.4, 0.5) is 0 Å². The third kappa shape index (κ3) is 2.84. The Labute approximate surface area is 98.0 Å². The normalized spacial score (nSPS) is 10.5. The molecule has 0 radical (unpaired) electrons. The number of hydrogen-bond acceptors (Lipinski definition) is 4. The maximum Gasteiger partial charge on any atom is 0.328 e. The molecule has 0 saturated carbocycles. The van der Waals surface area contributed by atoms with Gasteiger partial charge in [-0.25, -0.2) is 4.79 Å². The Hall–Kier alpha value is -2.30. The smallest absolute Gasteiger partial charge is 0.328 e. The van der Waals surface area contributed by atoms with Crippen LogP contribution < -0.4 is 4.74 Å². The van der Waals surface area contributed by atoms with Crippen LogP contribution in [-0.2, 0) is 4.79 Å². The first-order valence-corrected chi connectivity index (χ1v) is 4.79. The summed E-state index contributed by atoms with van der Waals surface area (Å²) < 4.78 is 4.87. The number of phenols is 1. The van der Waals surface area contributed by atoms with Crippen LogP contribution in [-0.4, -0.2) is 29.1 Å². The Morgan fingerprint density at radius 1 is 1.35 bits per heavy atom. The number of hydrogen-bond donors (Lipinski definition) is 2. The molecule has 0 aliphatic heterocycles. The summed E-state index contributed by atoms with van der Waals surface area (Å²) in [6.45, 7) is 1.28. The zero-order valence-corrected chi connectivity index (χ0v) is 9.43. The van der Waals surface area contributed by atoms with Crippen molar-refractivity contribution in [3.8, 4) is 11.5 Å². The van der Waals surface area contributed by atoms with E-state index in [1.807, 2.05) is 0 Å². The minimum absolute atomic E-state index is 0.0434. The molecule has 0 fully saturated rings. The zero-order chi connectivity index (χ0) is 13.0. The van der Waals surface area contributed by atoms with Crippen molar-refractivity contribution in [3.05, 3.63) is 29.3 Å². The number of ether oxygens (including phenoxy) is 1. The molecule has 0 heterocycles. The van der Waals surface area contributed by atoms with E-state index in [-0.39, 0.29) is 22.8 Å². The Morgan fingerprint density at radius 3 is 2.47 bits per heavy atom. The minimum Gasteiger partial charge on any atom is -0.504 e. The van der Waals surface area contributed by atoms with E-state index in [1.54, 1.807) is 0 Å². The second kappa shape index (κ2) is 5.16. The lowest BCUT2D eigenvalue weighted by Gasteiger charge is -2.09. The summed E-state index contributed by atoms with van der Waals surface area (Å²) in [5.74, 6) is -1.61. The Kier molecular flexibility index (Phi) is 3.87. The van der Waals surface area contributed by atoms with Crippen molar-refractivity contribution in [3.63, 3.8) is 0 Å². The monoisotopic (exact) mass is 236 g/mol. The van der Waals surface area contributed by atoms with E-state index in [9.17, 15) is 14.7 Å². The van der Waals surface area contributed by atoms with Gasteiger partial charge in [0.2, 0.25) is 0 Å². The van der Waals surface area contributed by atoms with Gasteiger partial charge >= 0.3 is 5.97 Å². The Bertz CT molecular complexity index is 488. The molecular weight excluding hydrogens is 224 g/mol. The second-order valence-corrected chi connectivity index (χ2v) is 3.31. The van der Waals surface area contributed by atoms with Gasteiger partial charge in [0.1, 0.15) is 0 Å². The molecule has 0 unspecified atom stereocenters. The van der Waals surface area contributed by atoms with Gasteiger partial charge < -0.3 is 14.9 Å². The quantitative estimate of drug-likeness (QED) is 0.614. The number of aliphatic carboxylic acids is 1. The number of carboxylic acid groups (broad SMARTS) is 1. The van der Waals surface area contributed by atoms with E-state index in [0.717, 1.165) is 6.08 Å². The molecule has 2 N–H and O–H groups in total. The van der Waals surface area contributed by atoms with Crippen molar-refractivity contribution in [1.29, 1.82) is 0 Å². The molecule has 5 nitrogen and oxygen atoms in total. The predicted octanol–water partition coefficient (Wildman–Crippen LogP) is 1.70. The van der Waals surface area contributed by atoms with Gasteiger partial charge in [-0.05, 0) is 24.6 Å². The fraction of sp³-hybridized carbons (Fsp3) is 0.167. The van der Waals surface area contributed by atoms with Gasteiger partial charge in [-0.2, -0.15) is 0 Å². The maximum absolute atomic E-state index is 11.4. The largest absolute Gasteiger partial charge is 0.504 e. The molecule has 0 aliphatic rings. The highest BCUT2D eigenvalue weighted by Gasteiger charge is 2.15. The van der Waals surface area contributed by atoms with Crippen molar-refractivity contribution in [1.82, 2.24) is 0 Å². The summed E-state index contributed by atoms with van der Waals surface area (Å²) in [5.41, 5.74) is 0.375. The molecule has 1 aromatic rings. The third-order valence-corrected chi connectivity index (χ3v) is 2.15. The van der Waals surface area contributed by atoms with Crippen LogP contribution in [0.15, 0.2) is 18.2 Å². The molecule has 1 rings (SSSR count). The minimum atomic E-state index is -1.13. The summed E-state index contributed by atoms with van der Waals surface area (Å²) in [6, 6.07) is 2.97. The molecule has 1 aromatic carbocycles. The summed E-state index contributed by atoms with van der Waals surface area (Å²) in [7, 11) is 1.37. The van der Waals surface area contributed by atoms with Gasteiger partial charge in [-0.15, -0.1) is 0 Å². The van der Waals surface area contributed by atoms with Crippen molar-refractivity contribution < 1.29 is 24.5 Å². The average Bonchev–Trinajstić information content (AvgIpc) is 2.25. The Balaban J connectivity index is 3.36. The maximum atomic E-state index is 11.4. The van der Waals surface area contributed by atoms with E-state index in [4.69, 9.17) is 9.84 Å². The van der Waals surface area contributed by atoms with E-state index in [0.29, 0.717) is 5.56 Å². The number of carboxylic acids is 1. The van der Waals surface area contributed by atoms with Crippen molar-refractivity contribution >= 4 is 17.8 Å². The van der Waals surface area contributed by atoms with Gasteiger partial charge in [0.25, 0.3) is 0 Å². The SMILES string of the molecule is COc1ccc(C=CC(=O)O)c(C(C)=O)c1O. The summed E-state index contributed by atoms with van der Waals surface area (Å²) in [5, 5.41) is 18.3. The number of rotatable bonds is 4. The van der Waals surface area contributed by atoms with E-state index >= 15 is 0 Å². The lowest BCUT2D eigenvalue weighted by atomic mass is 10.0. The van der Waals surface area contributed by atoms with Gasteiger partial charge in [0.05, 0.1) is 12.7 Å². The van der Waals surface area contributed by atoms with Crippen molar-refractivity contribution in [2.45, 2.75) is 6.92 Å². The number of aromatic hydroxyl groups is 1. The van der Waals surface area contributed by atoms with Gasteiger partial charge in [-0.1, -0.05) is 6.07 Å². The van der Waals surface area contributed by atoms with Crippen LogP contribution in [0.25, 0.3) is 6.08 Å². The van der Waals surface area contributed by atoms with E-state index in [2.05, 4.69) is 0 Å². The highest BCUT2D eigenvalue weighted by molar-refractivity contribution is 6.02. The number of methoxy groups -OCH3 is 1. The number of carbonyl (C=O) groups excluding carboxylic acids is 1. The summed E-state index contributed by atoms with van der Waals surface area (Å²) >= 11 is 0. The zero-order valence-electron chi connectivity index (χ0n) is 9.43. The molecule has 0 aromatic heterocycles. The predicted molar refractivity (Wildman–Crippen MR) is 61.3 cm³/mol. The van der Waals surface area contributed by atoms with Crippen LogP contribution in [0.2, 0.25) is 0 Å². The van der Waals surface area contributed by atoms with Crippen LogP contribution >= 0.6 is 0 Å². The van der Waals surface area contributed by atoms with Gasteiger partial charge in [-0.3, -0.25) is 4.79 Å². The highest BCUT2D eigenvalue weighted by atomic mass is 16.5. The fourth-order valence-electron chi connectivity index (χ4n) is 1.42. The third-order valence-electron chi connectivity index (χ3n) is 2.15. The number of Topliss-reactive ketones (excluding diaryl/α,β-unsaturated/α-hetero) is 1. The lowest BCUT2D eigenvalue weighted by Crippen LogP contribution is -1.99. The van der Waals surface area contributed by atoms with Crippen LogP contribution in [0, 0.1) is 0 Å². The van der Waals surface area contributed by atoms with E-state index in [1.165, 1.54) is 32.2 Å². The molecule has 0 saturated heterocycles. The van der Waals surface area contributed by atoms with Gasteiger partial charge in [0.15, 0.2) is 17.3 Å². The molecule has 0 bridgehead atoms.